The number of ether oxygens (including phenoxy) is 7. The standard InChI is InChI=1S/C24H42O21/c25-1-5-9(29)12(32)14(34)22(40-5)45-20-11(31)7(3-27)41-24(17(20)37)43-18-8(4-28)42-23(15(35)13(18)33)44-19-10(30)6(2-26)39-21(38)16(19)36/h5-38H,1-4H2/t5-,6-,7-,8-,9-,10+,11-,12+,13-,14+,15-,16-,17+,18+,19+,20+,21+,22-,23+,24-/m1/s1. The summed E-state index contributed by atoms with van der Waals surface area (Å²) in [4.78, 5) is 0. The third kappa shape index (κ3) is 7.44. The quantitative estimate of drug-likeness (QED) is 0.103. The Bertz CT molecular complexity index is 914. The molecule has 21 nitrogen and oxygen atoms in total. The van der Waals surface area contributed by atoms with Gasteiger partial charge in [0.05, 0.1) is 26.4 Å². The summed E-state index contributed by atoms with van der Waals surface area (Å²) in [5.74, 6) is 0. The summed E-state index contributed by atoms with van der Waals surface area (Å²) in [6.07, 6.45) is -35.7. The summed E-state index contributed by atoms with van der Waals surface area (Å²) in [6.45, 7) is -3.40. The number of aliphatic hydroxyl groups excluding tert-OH is 14. The van der Waals surface area contributed by atoms with E-state index in [-0.39, 0.29) is 0 Å². The van der Waals surface area contributed by atoms with Gasteiger partial charge in [0.2, 0.25) is 0 Å². The minimum atomic E-state index is -2.04. The summed E-state index contributed by atoms with van der Waals surface area (Å²) in [7, 11) is 0. The Labute approximate surface area is 254 Å². The molecule has 0 aromatic carbocycles. The topological polar surface area (TPSA) is 348 Å². The largest absolute Gasteiger partial charge is 0.394 e. The van der Waals surface area contributed by atoms with E-state index in [1.165, 1.54) is 0 Å². The van der Waals surface area contributed by atoms with Crippen molar-refractivity contribution in [3.8, 4) is 0 Å². The van der Waals surface area contributed by atoms with Crippen molar-refractivity contribution in [2.24, 2.45) is 0 Å². The number of aliphatic hydroxyl groups is 14. The molecule has 0 bridgehead atoms. The van der Waals surface area contributed by atoms with Crippen molar-refractivity contribution in [3.63, 3.8) is 0 Å². The first-order chi connectivity index (χ1) is 21.3. The van der Waals surface area contributed by atoms with Crippen LogP contribution >= 0.6 is 0 Å². The fraction of sp³-hybridized carbons (Fsp3) is 1.00. The molecule has 0 spiro atoms. The third-order valence-electron chi connectivity index (χ3n) is 8.21. The van der Waals surface area contributed by atoms with Gasteiger partial charge in [-0.1, -0.05) is 0 Å². The van der Waals surface area contributed by atoms with Crippen LogP contribution in [0.5, 0.6) is 0 Å². The summed E-state index contributed by atoms with van der Waals surface area (Å²) in [5.41, 5.74) is 0. The van der Waals surface area contributed by atoms with Crippen LogP contribution in [0, 0.1) is 0 Å². The molecule has 4 saturated heterocycles. The van der Waals surface area contributed by atoms with E-state index >= 15 is 0 Å². The van der Waals surface area contributed by atoms with Gasteiger partial charge < -0.3 is 105 Å². The Morgan fingerprint density at radius 1 is 0.333 bits per heavy atom. The lowest BCUT2D eigenvalue weighted by atomic mass is 9.95. The predicted octanol–water partition coefficient (Wildman–Crippen LogP) is -9.75. The maximum absolute atomic E-state index is 11.0. The van der Waals surface area contributed by atoms with Crippen LogP contribution in [0.1, 0.15) is 0 Å². The van der Waals surface area contributed by atoms with Crippen molar-refractivity contribution in [2.45, 2.75) is 123 Å². The van der Waals surface area contributed by atoms with Gasteiger partial charge >= 0.3 is 0 Å². The summed E-state index contributed by atoms with van der Waals surface area (Å²) in [6, 6.07) is 0. The Hall–Kier alpha value is -0.840. The molecule has 4 fully saturated rings. The Morgan fingerprint density at radius 2 is 0.711 bits per heavy atom. The van der Waals surface area contributed by atoms with E-state index in [0.29, 0.717) is 0 Å². The molecule has 0 aliphatic carbocycles. The molecule has 4 aliphatic rings. The first-order valence-electron chi connectivity index (χ1n) is 14.1. The van der Waals surface area contributed by atoms with Crippen LogP contribution in [-0.2, 0) is 33.2 Å². The Kier molecular flexibility index (Phi) is 12.8. The first-order valence-corrected chi connectivity index (χ1v) is 14.1. The highest BCUT2D eigenvalue weighted by molar-refractivity contribution is 4.97. The lowest BCUT2D eigenvalue weighted by molar-refractivity contribution is -0.388. The normalized spacial score (nSPS) is 52.9. The zero-order chi connectivity index (χ0) is 33.3. The van der Waals surface area contributed by atoms with Gasteiger partial charge in [0, 0.05) is 0 Å². The molecule has 21 heteroatoms. The van der Waals surface area contributed by atoms with Crippen LogP contribution < -0.4 is 0 Å². The zero-order valence-electron chi connectivity index (χ0n) is 23.5. The molecule has 4 heterocycles. The van der Waals surface area contributed by atoms with E-state index in [0.717, 1.165) is 0 Å². The van der Waals surface area contributed by atoms with Gasteiger partial charge in [-0.25, -0.2) is 0 Å². The molecule has 0 unspecified atom stereocenters. The highest BCUT2D eigenvalue weighted by atomic mass is 16.8. The van der Waals surface area contributed by atoms with Gasteiger partial charge in [-0.2, -0.15) is 0 Å². The van der Waals surface area contributed by atoms with Crippen LogP contribution in [0.15, 0.2) is 0 Å². The number of rotatable bonds is 10. The molecular formula is C24H42O21. The maximum Gasteiger partial charge on any atom is 0.187 e. The Balaban J connectivity index is 1.48. The van der Waals surface area contributed by atoms with Crippen LogP contribution in [-0.4, -0.2) is 221 Å². The number of hydrogen-bond acceptors (Lipinski definition) is 21. The molecular weight excluding hydrogens is 624 g/mol. The van der Waals surface area contributed by atoms with Crippen molar-refractivity contribution in [1.82, 2.24) is 0 Å². The van der Waals surface area contributed by atoms with Crippen LogP contribution in [0.4, 0.5) is 0 Å². The minimum Gasteiger partial charge on any atom is -0.394 e. The molecule has 0 aromatic rings. The molecule has 0 aromatic heterocycles. The molecule has 0 saturated carbocycles. The lowest BCUT2D eigenvalue weighted by Gasteiger charge is -2.49. The second kappa shape index (κ2) is 15.6. The molecule has 0 radical (unpaired) electrons. The second-order valence-corrected chi connectivity index (χ2v) is 11.1. The highest BCUT2D eigenvalue weighted by Crippen LogP contribution is 2.34. The molecule has 45 heavy (non-hydrogen) atoms. The average molecular weight is 667 g/mol. The molecule has 4 aliphatic heterocycles. The third-order valence-corrected chi connectivity index (χ3v) is 8.21. The van der Waals surface area contributed by atoms with E-state index in [4.69, 9.17) is 33.2 Å². The van der Waals surface area contributed by atoms with Crippen LogP contribution in [0.3, 0.4) is 0 Å². The van der Waals surface area contributed by atoms with Gasteiger partial charge in [0.1, 0.15) is 97.7 Å². The van der Waals surface area contributed by atoms with Crippen molar-refractivity contribution in [2.75, 3.05) is 26.4 Å². The van der Waals surface area contributed by atoms with Crippen molar-refractivity contribution < 1.29 is 105 Å². The van der Waals surface area contributed by atoms with Gasteiger partial charge in [-0.3, -0.25) is 0 Å². The molecule has 0 amide bonds. The van der Waals surface area contributed by atoms with Gasteiger partial charge in [0.15, 0.2) is 25.2 Å². The van der Waals surface area contributed by atoms with E-state index in [2.05, 4.69) is 0 Å². The zero-order valence-corrected chi connectivity index (χ0v) is 23.5. The summed E-state index contributed by atoms with van der Waals surface area (Å²) >= 11 is 0. The average Bonchev–Trinajstić information content (AvgIpc) is 3.03. The van der Waals surface area contributed by atoms with E-state index in [9.17, 15) is 71.5 Å². The van der Waals surface area contributed by atoms with Crippen molar-refractivity contribution >= 4 is 0 Å². The van der Waals surface area contributed by atoms with Crippen molar-refractivity contribution in [3.05, 3.63) is 0 Å². The summed E-state index contributed by atoms with van der Waals surface area (Å²) < 4.78 is 37.5. The highest BCUT2D eigenvalue weighted by Gasteiger charge is 2.55. The summed E-state index contributed by atoms with van der Waals surface area (Å²) in [5, 5.41) is 143. The van der Waals surface area contributed by atoms with E-state index < -0.39 is 149 Å². The predicted molar refractivity (Wildman–Crippen MR) is 134 cm³/mol. The Morgan fingerprint density at radius 3 is 1.22 bits per heavy atom. The molecule has 14 N–H and O–H groups in total. The maximum atomic E-state index is 11.0. The van der Waals surface area contributed by atoms with Crippen LogP contribution in [0.25, 0.3) is 0 Å². The fourth-order valence-electron chi connectivity index (χ4n) is 5.53. The second-order valence-electron chi connectivity index (χ2n) is 11.1. The number of hydrogen-bond donors (Lipinski definition) is 14. The first kappa shape index (κ1) is 37.0. The van der Waals surface area contributed by atoms with Gasteiger partial charge in [-0.15, -0.1) is 0 Å². The van der Waals surface area contributed by atoms with E-state index in [1.54, 1.807) is 0 Å². The van der Waals surface area contributed by atoms with Gasteiger partial charge in [-0.05, 0) is 0 Å². The smallest absolute Gasteiger partial charge is 0.187 e. The monoisotopic (exact) mass is 666 g/mol. The van der Waals surface area contributed by atoms with Crippen molar-refractivity contribution in [1.29, 1.82) is 0 Å². The molecule has 4 rings (SSSR count). The molecule has 20 atom stereocenters. The SMILES string of the molecule is OC[C@H]1O[C@H](O)[C@H](O)[C@@H](O[C@@H]2O[C@H](CO)[C@H](O[C@H]3O[C@H](CO)[C@@H](O)[C@H](O[C@H]4O[C@H](CO)[C@@H](O)[C@H](O)[C@@H]4O)[C@@H]3O)[C@H](O)[C@H]2O)[C@H]1O. The minimum absolute atomic E-state index is 0.787. The fourth-order valence-corrected chi connectivity index (χ4v) is 5.53. The lowest BCUT2D eigenvalue weighted by Crippen LogP contribution is -2.67. The van der Waals surface area contributed by atoms with Crippen LogP contribution in [0.2, 0.25) is 0 Å². The van der Waals surface area contributed by atoms with Gasteiger partial charge in [0.25, 0.3) is 0 Å². The van der Waals surface area contributed by atoms with E-state index in [1.807, 2.05) is 0 Å². The molecule has 264 valence electrons.